The molecule has 2 atom stereocenters. The van der Waals surface area contributed by atoms with Crippen molar-refractivity contribution in [3.8, 4) is 0 Å². The zero-order valence-corrected chi connectivity index (χ0v) is 14.1. The number of carbonyl (C=O) groups excluding carboxylic acids is 1. The van der Waals surface area contributed by atoms with Crippen molar-refractivity contribution >= 4 is 23.3 Å². The highest BCUT2D eigenvalue weighted by Crippen LogP contribution is 2.38. The maximum Gasteiger partial charge on any atom is 0.319 e. The first-order valence-electron chi connectivity index (χ1n) is 8.13. The fourth-order valence-electron chi connectivity index (χ4n) is 3.07. The van der Waals surface area contributed by atoms with Gasteiger partial charge in [-0.2, -0.15) is 0 Å². The molecule has 2 amide bonds. The molecule has 0 spiro atoms. The van der Waals surface area contributed by atoms with Gasteiger partial charge in [0, 0.05) is 36.0 Å². The number of benzene rings is 1. The van der Waals surface area contributed by atoms with Crippen molar-refractivity contribution in [3.63, 3.8) is 0 Å². The van der Waals surface area contributed by atoms with Gasteiger partial charge < -0.3 is 20.1 Å². The number of rotatable bonds is 5. The second kappa shape index (κ2) is 7.51. The minimum Gasteiger partial charge on any atom is -0.380 e. The van der Waals surface area contributed by atoms with E-state index in [4.69, 9.17) is 21.1 Å². The standard InChI is InChI=1S/C17H23ClN2O3/c1-22-10-13-14(18)3-2-4-15(13)20-17(21)19-12-7-8-23-16(9-12)11-5-6-11/h2-4,11-12,16H,5-10H2,1H3,(H2,19,20,21). The second-order valence-corrected chi connectivity index (χ2v) is 6.67. The Kier molecular flexibility index (Phi) is 5.41. The Morgan fingerprint density at radius 1 is 1.39 bits per heavy atom. The van der Waals surface area contributed by atoms with Gasteiger partial charge in [0.15, 0.2) is 0 Å². The average molecular weight is 339 g/mol. The van der Waals surface area contributed by atoms with Crippen molar-refractivity contribution < 1.29 is 14.3 Å². The van der Waals surface area contributed by atoms with Gasteiger partial charge in [-0.15, -0.1) is 0 Å². The number of hydrogen-bond donors (Lipinski definition) is 2. The lowest BCUT2D eigenvalue weighted by Crippen LogP contribution is -2.44. The molecular formula is C17H23ClN2O3. The summed E-state index contributed by atoms with van der Waals surface area (Å²) in [5, 5.41) is 6.53. The predicted molar refractivity (Wildman–Crippen MR) is 89.8 cm³/mol. The summed E-state index contributed by atoms with van der Waals surface area (Å²) in [6, 6.07) is 5.40. The van der Waals surface area contributed by atoms with E-state index in [1.165, 1.54) is 12.8 Å². The quantitative estimate of drug-likeness (QED) is 0.863. The van der Waals surface area contributed by atoms with Crippen LogP contribution in [0.2, 0.25) is 5.02 Å². The van der Waals surface area contributed by atoms with E-state index in [2.05, 4.69) is 10.6 Å². The summed E-state index contributed by atoms with van der Waals surface area (Å²) < 4.78 is 10.9. The molecule has 2 fully saturated rings. The fraction of sp³-hybridized carbons (Fsp3) is 0.588. The fourth-order valence-corrected chi connectivity index (χ4v) is 3.30. The molecule has 2 aliphatic rings. The smallest absolute Gasteiger partial charge is 0.319 e. The Hall–Kier alpha value is -1.30. The normalized spacial score (nSPS) is 24.3. The molecule has 2 unspecified atom stereocenters. The third kappa shape index (κ3) is 4.37. The highest BCUT2D eigenvalue weighted by atomic mass is 35.5. The molecule has 1 saturated carbocycles. The van der Waals surface area contributed by atoms with Crippen LogP contribution in [0.15, 0.2) is 18.2 Å². The number of amides is 2. The highest BCUT2D eigenvalue weighted by Gasteiger charge is 2.36. The highest BCUT2D eigenvalue weighted by molar-refractivity contribution is 6.31. The van der Waals surface area contributed by atoms with E-state index in [1.807, 2.05) is 12.1 Å². The van der Waals surface area contributed by atoms with Gasteiger partial charge in [0.2, 0.25) is 0 Å². The molecule has 0 aromatic heterocycles. The van der Waals surface area contributed by atoms with Crippen LogP contribution < -0.4 is 10.6 Å². The molecule has 1 heterocycles. The molecule has 1 aromatic carbocycles. The molecule has 1 aliphatic heterocycles. The third-order valence-electron chi connectivity index (χ3n) is 4.45. The van der Waals surface area contributed by atoms with E-state index in [0.29, 0.717) is 29.3 Å². The Morgan fingerprint density at radius 3 is 2.96 bits per heavy atom. The topological polar surface area (TPSA) is 59.6 Å². The van der Waals surface area contributed by atoms with Crippen molar-refractivity contribution in [1.29, 1.82) is 0 Å². The van der Waals surface area contributed by atoms with Crippen molar-refractivity contribution in [2.75, 3.05) is 19.0 Å². The summed E-state index contributed by atoms with van der Waals surface area (Å²) >= 11 is 6.18. The van der Waals surface area contributed by atoms with Crippen LogP contribution in [0, 0.1) is 5.92 Å². The lowest BCUT2D eigenvalue weighted by Gasteiger charge is -2.30. The number of methoxy groups -OCH3 is 1. The summed E-state index contributed by atoms with van der Waals surface area (Å²) in [7, 11) is 1.60. The summed E-state index contributed by atoms with van der Waals surface area (Å²) in [4.78, 5) is 12.3. The molecule has 0 bridgehead atoms. The molecule has 23 heavy (non-hydrogen) atoms. The third-order valence-corrected chi connectivity index (χ3v) is 4.81. The van der Waals surface area contributed by atoms with Crippen LogP contribution in [0.5, 0.6) is 0 Å². The number of carbonyl (C=O) groups is 1. The molecule has 0 radical (unpaired) electrons. The number of anilines is 1. The number of hydrogen-bond acceptors (Lipinski definition) is 3. The van der Waals surface area contributed by atoms with Crippen LogP contribution in [0.3, 0.4) is 0 Å². The molecule has 126 valence electrons. The zero-order valence-electron chi connectivity index (χ0n) is 13.3. The molecule has 5 nitrogen and oxygen atoms in total. The second-order valence-electron chi connectivity index (χ2n) is 6.27. The zero-order chi connectivity index (χ0) is 16.2. The van der Waals surface area contributed by atoms with Gasteiger partial charge >= 0.3 is 6.03 Å². The average Bonchev–Trinajstić information content (AvgIpc) is 3.36. The number of urea groups is 1. The molecule has 1 saturated heterocycles. The van der Waals surface area contributed by atoms with E-state index in [-0.39, 0.29) is 12.1 Å². The molecule has 1 aliphatic carbocycles. The van der Waals surface area contributed by atoms with Gasteiger partial charge in [-0.1, -0.05) is 17.7 Å². The largest absolute Gasteiger partial charge is 0.380 e. The lowest BCUT2D eigenvalue weighted by molar-refractivity contribution is -0.00889. The first-order chi connectivity index (χ1) is 11.2. The summed E-state index contributed by atoms with van der Waals surface area (Å²) in [5.41, 5.74) is 1.47. The molecular weight excluding hydrogens is 316 g/mol. The van der Waals surface area contributed by atoms with Gasteiger partial charge in [-0.25, -0.2) is 4.79 Å². The summed E-state index contributed by atoms with van der Waals surface area (Å²) in [6.45, 7) is 1.08. The summed E-state index contributed by atoms with van der Waals surface area (Å²) in [6.07, 6.45) is 4.58. The molecule has 1 aromatic rings. The Morgan fingerprint density at radius 2 is 2.22 bits per heavy atom. The van der Waals surface area contributed by atoms with E-state index in [9.17, 15) is 4.79 Å². The molecule has 2 N–H and O–H groups in total. The van der Waals surface area contributed by atoms with Gasteiger partial charge in [-0.05, 0) is 43.7 Å². The van der Waals surface area contributed by atoms with Gasteiger partial charge in [-0.3, -0.25) is 0 Å². The molecule has 3 rings (SSSR count). The van der Waals surface area contributed by atoms with E-state index < -0.39 is 0 Å². The van der Waals surface area contributed by atoms with Crippen LogP contribution in [0.25, 0.3) is 0 Å². The van der Waals surface area contributed by atoms with E-state index in [1.54, 1.807) is 13.2 Å². The lowest BCUT2D eigenvalue weighted by atomic mass is 10.0. The van der Waals surface area contributed by atoms with Crippen molar-refractivity contribution in [1.82, 2.24) is 5.32 Å². The van der Waals surface area contributed by atoms with Crippen LogP contribution in [-0.4, -0.2) is 31.9 Å². The van der Waals surface area contributed by atoms with Crippen LogP contribution in [-0.2, 0) is 16.1 Å². The Labute approximate surface area is 141 Å². The number of nitrogens with one attached hydrogen (secondary N) is 2. The maximum absolute atomic E-state index is 12.3. The maximum atomic E-state index is 12.3. The number of halogens is 1. The van der Waals surface area contributed by atoms with Crippen molar-refractivity contribution in [2.24, 2.45) is 5.92 Å². The van der Waals surface area contributed by atoms with Crippen LogP contribution in [0.4, 0.5) is 10.5 Å². The molecule has 6 heteroatoms. The van der Waals surface area contributed by atoms with Crippen molar-refractivity contribution in [2.45, 2.75) is 44.4 Å². The van der Waals surface area contributed by atoms with E-state index >= 15 is 0 Å². The van der Waals surface area contributed by atoms with Gasteiger partial charge in [0.05, 0.1) is 12.7 Å². The van der Waals surface area contributed by atoms with E-state index in [0.717, 1.165) is 25.0 Å². The number of ether oxygens (including phenoxy) is 2. The van der Waals surface area contributed by atoms with Crippen LogP contribution >= 0.6 is 11.6 Å². The van der Waals surface area contributed by atoms with Crippen LogP contribution in [0.1, 0.15) is 31.2 Å². The first-order valence-corrected chi connectivity index (χ1v) is 8.50. The predicted octanol–water partition coefficient (Wildman–Crippen LogP) is 3.57. The van der Waals surface area contributed by atoms with Gasteiger partial charge in [0.25, 0.3) is 0 Å². The Balaban J connectivity index is 1.57. The minimum absolute atomic E-state index is 0.166. The monoisotopic (exact) mass is 338 g/mol. The van der Waals surface area contributed by atoms with Crippen molar-refractivity contribution in [3.05, 3.63) is 28.8 Å². The summed E-state index contributed by atoms with van der Waals surface area (Å²) in [5.74, 6) is 0.698. The SMILES string of the molecule is COCc1c(Cl)cccc1NC(=O)NC1CCOC(C2CC2)C1. The van der Waals surface area contributed by atoms with Gasteiger partial charge in [0.1, 0.15) is 0 Å². The minimum atomic E-state index is -0.203. The Bertz CT molecular complexity index is 563. The first kappa shape index (κ1) is 16.6.